The van der Waals surface area contributed by atoms with Gasteiger partial charge >= 0.3 is 0 Å². The number of nitrogens with zero attached hydrogens (tertiary/aromatic N) is 2. The van der Waals surface area contributed by atoms with E-state index in [9.17, 15) is 9.59 Å². The van der Waals surface area contributed by atoms with Gasteiger partial charge in [0.15, 0.2) is 0 Å². The Morgan fingerprint density at radius 1 is 1.00 bits per heavy atom. The average molecular weight is 428 g/mol. The lowest BCUT2D eigenvalue weighted by Crippen LogP contribution is -2.31. The van der Waals surface area contributed by atoms with Crippen molar-refractivity contribution >= 4 is 17.5 Å². The molecule has 0 spiro atoms. The number of aromatic nitrogens is 1. The maximum Gasteiger partial charge on any atom is 0.230 e. The van der Waals surface area contributed by atoms with Gasteiger partial charge in [0.2, 0.25) is 11.8 Å². The number of carbonyl (C=O) groups is 2. The second kappa shape index (κ2) is 10.2. The van der Waals surface area contributed by atoms with E-state index in [-0.39, 0.29) is 17.7 Å². The summed E-state index contributed by atoms with van der Waals surface area (Å²) < 4.78 is 0. The Bertz CT molecular complexity index is 1060. The second-order valence-electron chi connectivity index (χ2n) is 8.45. The Labute approximate surface area is 189 Å². The minimum absolute atomic E-state index is 0.0145. The third-order valence-corrected chi connectivity index (χ3v) is 5.66. The van der Waals surface area contributed by atoms with Crippen LogP contribution in [0.1, 0.15) is 35.2 Å². The van der Waals surface area contributed by atoms with Crippen LogP contribution in [0.5, 0.6) is 0 Å². The van der Waals surface area contributed by atoms with Crippen LogP contribution in [-0.2, 0) is 29.0 Å². The Kier molecular flexibility index (Phi) is 6.95. The van der Waals surface area contributed by atoms with Crippen LogP contribution < -0.4 is 10.2 Å². The lowest BCUT2D eigenvalue weighted by Gasteiger charge is -2.23. The highest BCUT2D eigenvalue weighted by atomic mass is 16.2. The summed E-state index contributed by atoms with van der Waals surface area (Å²) in [7, 11) is 0. The standard InChI is InChI=1S/C27H29N3O2/c1-20-5-4-6-22(17-20)19-30(27(32)23-10-11-23)25-12-8-21(9-13-25)18-26(31)29-16-14-24-7-2-3-15-28-24/h2-9,12-13,15,17,23H,10-11,14,16,18-19H2,1H3,(H,29,31). The maximum absolute atomic E-state index is 12.9. The number of benzene rings is 2. The van der Waals surface area contributed by atoms with E-state index in [1.807, 2.05) is 53.4 Å². The normalized spacial score (nSPS) is 12.9. The van der Waals surface area contributed by atoms with Crippen LogP contribution in [-0.4, -0.2) is 23.3 Å². The van der Waals surface area contributed by atoms with Gasteiger partial charge in [0, 0.05) is 36.5 Å². The van der Waals surface area contributed by atoms with Gasteiger partial charge in [-0.3, -0.25) is 14.6 Å². The predicted octanol–water partition coefficient (Wildman–Crippen LogP) is 4.23. The minimum atomic E-state index is -0.0145. The molecule has 0 saturated heterocycles. The van der Waals surface area contributed by atoms with Crippen LogP contribution in [0.25, 0.3) is 0 Å². The summed E-state index contributed by atoms with van der Waals surface area (Å²) >= 11 is 0. The zero-order chi connectivity index (χ0) is 22.3. The molecule has 1 saturated carbocycles. The van der Waals surface area contributed by atoms with Gasteiger partial charge in [-0.1, -0.05) is 48.0 Å². The Hall–Kier alpha value is -3.47. The topological polar surface area (TPSA) is 62.3 Å². The molecule has 0 aliphatic heterocycles. The number of aryl methyl sites for hydroxylation is 1. The molecule has 2 aromatic carbocycles. The molecule has 5 nitrogen and oxygen atoms in total. The van der Waals surface area contributed by atoms with Crippen molar-refractivity contribution in [3.63, 3.8) is 0 Å². The molecule has 1 N–H and O–H groups in total. The number of hydrogen-bond acceptors (Lipinski definition) is 3. The average Bonchev–Trinajstić information content (AvgIpc) is 3.64. The third-order valence-electron chi connectivity index (χ3n) is 5.66. The molecule has 1 heterocycles. The summed E-state index contributed by atoms with van der Waals surface area (Å²) in [6.07, 6.45) is 4.73. The van der Waals surface area contributed by atoms with Gasteiger partial charge in [-0.15, -0.1) is 0 Å². The van der Waals surface area contributed by atoms with E-state index in [0.717, 1.165) is 35.3 Å². The van der Waals surface area contributed by atoms with Gasteiger partial charge in [0.25, 0.3) is 0 Å². The van der Waals surface area contributed by atoms with Crippen molar-refractivity contribution in [3.05, 3.63) is 95.3 Å². The van der Waals surface area contributed by atoms with Crippen LogP contribution in [0.2, 0.25) is 0 Å². The van der Waals surface area contributed by atoms with Gasteiger partial charge in [-0.2, -0.15) is 0 Å². The Morgan fingerprint density at radius 2 is 1.81 bits per heavy atom. The molecular weight excluding hydrogens is 398 g/mol. The summed E-state index contributed by atoms with van der Waals surface area (Å²) in [5, 5.41) is 2.95. The molecule has 0 unspecified atom stereocenters. The predicted molar refractivity (Wildman–Crippen MR) is 126 cm³/mol. The number of pyridine rings is 1. The summed E-state index contributed by atoms with van der Waals surface area (Å²) in [5.74, 6) is 0.315. The van der Waals surface area contributed by atoms with E-state index >= 15 is 0 Å². The van der Waals surface area contributed by atoms with E-state index in [1.165, 1.54) is 5.56 Å². The third kappa shape index (κ3) is 6.03. The summed E-state index contributed by atoms with van der Waals surface area (Å²) in [6.45, 7) is 3.19. The van der Waals surface area contributed by atoms with E-state index in [0.29, 0.717) is 25.9 Å². The smallest absolute Gasteiger partial charge is 0.230 e. The number of amides is 2. The highest BCUT2D eigenvalue weighted by molar-refractivity contribution is 5.96. The second-order valence-corrected chi connectivity index (χ2v) is 8.45. The summed E-state index contributed by atoms with van der Waals surface area (Å²) in [5.41, 5.74) is 5.08. The Morgan fingerprint density at radius 3 is 2.50 bits per heavy atom. The molecule has 5 heteroatoms. The van der Waals surface area contributed by atoms with Gasteiger partial charge in [0.1, 0.15) is 0 Å². The van der Waals surface area contributed by atoms with Crippen molar-refractivity contribution in [2.75, 3.05) is 11.4 Å². The highest BCUT2D eigenvalue weighted by Gasteiger charge is 2.34. The van der Waals surface area contributed by atoms with Gasteiger partial charge in [-0.05, 0) is 55.2 Å². The fourth-order valence-electron chi connectivity index (χ4n) is 3.76. The highest BCUT2D eigenvalue weighted by Crippen LogP contribution is 2.33. The van der Waals surface area contributed by atoms with Crippen molar-refractivity contribution in [2.45, 2.75) is 39.2 Å². The first kappa shape index (κ1) is 21.8. The van der Waals surface area contributed by atoms with Crippen LogP contribution in [0.3, 0.4) is 0 Å². The van der Waals surface area contributed by atoms with E-state index in [2.05, 4.69) is 35.4 Å². The first-order valence-corrected chi connectivity index (χ1v) is 11.2. The first-order valence-electron chi connectivity index (χ1n) is 11.2. The largest absolute Gasteiger partial charge is 0.355 e. The number of nitrogens with one attached hydrogen (secondary N) is 1. The lowest BCUT2D eigenvalue weighted by molar-refractivity contribution is -0.121. The molecule has 0 bridgehead atoms. The molecule has 4 rings (SSSR count). The molecular formula is C27H29N3O2. The lowest BCUT2D eigenvalue weighted by atomic mass is 10.1. The fraction of sp³-hybridized carbons (Fsp3) is 0.296. The first-order chi connectivity index (χ1) is 15.6. The molecule has 2 amide bonds. The molecule has 1 aliphatic rings. The zero-order valence-electron chi connectivity index (χ0n) is 18.5. The molecule has 0 atom stereocenters. The van der Waals surface area contributed by atoms with Crippen LogP contribution in [0.15, 0.2) is 72.9 Å². The SMILES string of the molecule is Cc1cccc(CN(C(=O)C2CC2)c2ccc(CC(=O)NCCc3ccccn3)cc2)c1. The molecule has 164 valence electrons. The van der Waals surface area contributed by atoms with Crippen molar-refractivity contribution in [1.82, 2.24) is 10.3 Å². The van der Waals surface area contributed by atoms with Crippen LogP contribution in [0, 0.1) is 12.8 Å². The van der Waals surface area contributed by atoms with Gasteiger partial charge in [-0.25, -0.2) is 0 Å². The van der Waals surface area contributed by atoms with E-state index < -0.39 is 0 Å². The van der Waals surface area contributed by atoms with E-state index in [1.54, 1.807) is 6.20 Å². The molecule has 1 aromatic heterocycles. The monoisotopic (exact) mass is 427 g/mol. The summed E-state index contributed by atoms with van der Waals surface area (Å²) in [4.78, 5) is 31.4. The number of hydrogen-bond donors (Lipinski definition) is 1. The molecule has 1 fully saturated rings. The molecule has 1 aliphatic carbocycles. The van der Waals surface area contributed by atoms with Gasteiger partial charge < -0.3 is 10.2 Å². The minimum Gasteiger partial charge on any atom is -0.355 e. The van der Waals surface area contributed by atoms with Crippen LogP contribution >= 0.6 is 0 Å². The molecule has 3 aromatic rings. The fourth-order valence-corrected chi connectivity index (χ4v) is 3.76. The quantitative estimate of drug-likeness (QED) is 0.556. The molecule has 32 heavy (non-hydrogen) atoms. The van der Waals surface area contributed by atoms with Gasteiger partial charge in [0.05, 0.1) is 13.0 Å². The van der Waals surface area contributed by atoms with Crippen molar-refractivity contribution in [3.8, 4) is 0 Å². The zero-order valence-corrected chi connectivity index (χ0v) is 18.5. The number of anilines is 1. The van der Waals surface area contributed by atoms with Crippen molar-refractivity contribution in [1.29, 1.82) is 0 Å². The molecule has 0 radical (unpaired) electrons. The van der Waals surface area contributed by atoms with Crippen molar-refractivity contribution < 1.29 is 9.59 Å². The number of carbonyl (C=O) groups excluding carboxylic acids is 2. The van der Waals surface area contributed by atoms with Crippen molar-refractivity contribution in [2.24, 2.45) is 5.92 Å². The number of rotatable bonds is 9. The summed E-state index contributed by atoms with van der Waals surface area (Å²) in [6, 6.07) is 21.8. The Balaban J connectivity index is 1.36. The van der Waals surface area contributed by atoms with Crippen LogP contribution in [0.4, 0.5) is 5.69 Å². The maximum atomic E-state index is 12.9. The van der Waals surface area contributed by atoms with E-state index in [4.69, 9.17) is 0 Å².